The molecule has 3 saturated carbocycles. The van der Waals surface area contributed by atoms with Crippen molar-refractivity contribution in [1.29, 1.82) is 0 Å². The molecule has 4 aliphatic carbocycles. The fraction of sp³-hybridized carbons (Fsp3) is 0.636. The SMILES string of the molecule is CC12CCC3C4CCC(OCc5ccccc5)CC4CCC3C1C=CC2(O)Cc1coc(C2OCCO2)c1. The summed E-state index contributed by atoms with van der Waals surface area (Å²) in [5.74, 6) is 4.24. The van der Waals surface area contributed by atoms with Gasteiger partial charge >= 0.3 is 0 Å². The lowest BCUT2D eigenvalue weighted by Crippen LogP contribution is -2.55. The minimum Gasteiger partial charge on any atom is -0.464 e. The number of benzene rings is 1. The van der Waals surface area contributed by atoms with E-state index in [1.54, 1.807) is 6.26 Å². The van der Waals surface area contributed by atoms with Gasteiger partial charge in [-0.25, -0.2) is 0 Å². The average molecular weight is 519 g/mol. The molecule has 1 aromatic heterocycles. The Labute approximate surface area is 226 Å². The Bertz CT molecular complexity index is 1140. The molecule has 1 saturated heterocycles. The van der Waals surface area contributed by atoms with Gasteiger partial charge in [0.15, 0.2) is 5.76 Å². The Balaban J connectivity index is 1.00. The highest BCUT2D eigenvalue weighted by Crippen LogP contribution is 2.63. The molecule has 5 aliphatic rings. The highest BCUT2D eigenvalue weighted by atomic mass is 16.7. The first-order valence-corrected chi connectivity index (χ1v) is 14.9. The summed E-state index contributed by atoms with van der Waals surface area (Å²) in [7, 11) is 0. The van der Waals surface area contributed by atoms with Gasteiger partial charge in [0.25, 0.3) is 0 Å². The molecule has 0 bridgehead atoms. The number of fused-ring (bicyclic) bond motifs is 5. The molecule has 1 N–H and O–H groups in total. The number of ether oxygens (including phenoxy) is 3. The summed E-state index contributed by atoms with van der Waals surface area (Å²) >= 11 is 0. The van der Waals surface area contributed by atoms with Crippen molar-refractivity contribution in [3.8, 4) is 0 Å². The van der Waals surface area contributed by atoms with Gasteiger partial charge in [-0.2, -0.15) is 0 Å². The summed E-state index contributed by atoms with van der Waals surface area (Å²) in [5.41, 5.74) is 1.32. The molecule has 0 spiro atoms. The first-order chi connectivity index (χ1) is 18.5. The Morgan fingerprint density at radius 2 is 1.76 bits per heavy atom. The van der Waals surface area contributed by atoms with Crippen LogP contribution in [0.4, 0.5) is 0 Å². The second-order valence-corrected chi connectivity index (χ2v) is 12.9. The van der Waals surface area contributed by atoms with E-state index >= 15 is 0 Å². The third kappa shape index (κ3) is 4.30. The molecule has 5 heteroatoms. The van der Waals surface area contributed by atoms with E-state index in [0.29, 0.717) is 43.3 Å². The van der Waals surface area contributed by atoms with Gasteiger partial charge in [-0.1, -0.05) is 49.4 Å². The Morgan fingerprint density at radius 1 is 0.947 bits per heavy atom. The Hall–Kier alpha value is -1.92. The monoisotopic (exact) mass is 518 g/mol. The number of furan rings is 1. The van der Waals surface area contributed by atoms with Crippen molar-refractivity contribution in [3.05, 3.63) is 71.7 Å². The molecule has 8 atom stereocenters. The van der Waals surface area contributed by atoms with Crippen molar-refractivity contribution < 1.29 is 23.7 Å². The van der Waals surface area contributed by atoms with Crippen LogP contribution in [0.5, 0.6) is 0 Å². The summed E-state index contributed by atoms with van der Waals surface area (Å²) in [6.45, 7) is 4.27. The van der Waals surface area contributed by atoms with Crippen LogP contribution in [-0.4, -0.2) is 30.0 Å². The van der Waals surface area contributed by atoms with Gasteiger partial charge in [0.1, 0.15) is 0 Å². The maximum absolute atomic E-state index is 12.1. The summed E-state index contributed by atoms with van der Waals surface area (Å²) in [5, 5.41) is 12.1. The van der Waals surface area contributed by atoms with Gasteiger partial charge < -0.3 is 23.7 Å². The predicted molar refractivity (Wildman–Crippen MR) is 144 cm³/mol. The third-order valence-electron chi connectivity index (χ3n) is 11.1. The molecule has 8 unspecified atom stereocenters. The van der Waals surface area contributed by atoms with Crippen LogP contribution in [0.2, 0.25) is 0 Å². The lowest BCUT2D eigenvalue weighted by Gasteiger charge is -2.57. The molecule has 0 radical (unpaired) electrons. The number of hydrogen-bond acceptors (Lipinski definition) is 5. The van der Waals surface area contributed by atoms with E-state index in [9.17, 15) is 5.11 Å². The van der Waals surface area contributed by atoms with Crippen molar-refractivity contribution >= 4 is 0 Å². The normalized spacial score (nSPS) is 40.6. The first kappa shape index (κ1) is 25.1. The van der Waals surface area contributed by atoms with Crippen LogP contribution < -0.4 is 0 Å². The van der Waals surface area contributed by atoms with Crippen molar-refractivity contribution in [2.75, 3.05) is 13.2 Å². The quantitative estimate of drug-likeness (QED) is 0.436. The summed E-state index contributed by atoms with van der Waals surface area (Å²) in [6, 6.07) is 12.6. The van der Waals surface area contributed by atoms with Crippen molar-refractivity contribution in [3.63, 3.8) is 0 Å². The van der Waals surface area contributed by atoms with E-state index < -0.39 is 11.9 Å². The Morgan fingerprint density at radius 3 is 2.61 bits per heavy atom. The molecule has 1 aromatic carbocycles. The third-order valence-corrected chi connectivity index (χ3v) is 11.1. The van der Waals surface area contributed by atoms with E-state index in [1.165, 1.54) is 44.1 Å². The topological polar surface area (TPSA) is 61.1 Å². The van der Waals surface area contributed by atoms with E-state index in [-0.39, 0.29) is 5.41 Å². The van der Waals surface area contributed by atoms with Crippen LogP contribution in [0.3, 0.4) is 0 Å². The number of rotatable bonds is 6. The minimum absolute atomic E-state index is 0.130. The molecular weight excluding hydrogens is 476 g/mol. The van der Waals surface area contributed by atoms with Crippen molar-refractivity contribution in [2.24, 2.45) is 35.0 Å². The molecule has 2 aromatic rings. The van der Waals surface area contributed by atoms with Crippen LogP contribution in [0.25, 0.3) is 0 Å². The minimum atomic E-state index is -0.846. The smallest absolute Gasteiger partial charge is 0.217 e. The lowest BCUT2D eigenvalue weighted by atomic mass is 9.48. The fourth-order valence-corrected chi connectivity index (χ4v) is 9.02. The molecule has 2 heterocycles. The van der Waals surface area contributed by atoms with Crippen molar-refractivity contribution in [2.45, 2.75) is 82.9 Å². The number of allylic oxidation sites excluding steroid dienone is 1. The van der Waals surface area contributed by atoms with Crippen LogP contribution in [0.15, 0.2) is 59.2 Å². The standard InChI is InChI=1S/C33H42O5/c1-32-13-11-27-26-10-8-25(37-20-22-5-3-2-4-6-22)18-24(26)7-9-28(27)29(32)12-14-33(32,34)19-23-17-30(38-21-23)31-35-15-16-36-31/h2-6,12,14,17,21,24-29,31,34H,7-11,13,15-16,18-20H2,1H3. The lowest BCUT2D eigenvalue weighted by molar-refractivity contribution is -0.126. The Kier molecular flexibility index (Phi) is 6.55. The molecular formula is C33H42O5. The van der Waals surface area contributed by atoms with Gasteiger partial charge in [0.2, 0.25) is 6.29 Å². The largest absolute Gasteiger partial charge is 0.464 e. The van der Waals surface area contributed by atoms with Crippen LogP contribution in [0.1, 0.15) is 75.0 Å². The van der Waals surface area contributed by atoms with E-state index in [0.717, 1.165) is 36.3 Å². The molecule has 5 nitrogen and oxygen atoms in total. The fourth-order valence-electron chi connectivity index (χ4n) is 9.02. The van der Waals surface area contributed by atoms with Crippen LogP contribution >= 0.6 is 0 Å². The first-order valence-electron chi connectivity index (χ1n) is 14.9. The number of aliphatic hydroxyl groups is 1. The molecule has 204 valence electrons. The van der Waals surface area contributed by atoms with Gasteiger partial charge in [0.05, 0.1) is 37.8 Å². The molecule has 4 fully saturated rings. The van der Waals surface area contributed by atoms with Crippen molar-refractivity contribution in [1.82, 2.24) is 0 Å². The zero-order valence-corrected chi connectivity index (χ0v) is 22.6. The molecule has 0 amide bonds. The van der Waals surface area contributed by atoms with Gasteiger partial charge in [-0.3, -0.25) is 0 Å². The van der Waals surface area contributed by atoms with Gasteiger partial charge in [0, 0.05) is 11.8 Å². The molecule has 1 aliphatic heterocycles. The van der Waals surface area contributed by atoms with Crippen LogP contribution in [0, 0.1) is 35.0 Å². The average Bonchev–Trinajstić information content (AvgIpc) is 3.68. The summed E-state index contributed by atoms with van der Waals surface area (Å²) < 4.78 is 23.4. The van der Waals surface area contributed by atoms with Crippen LogP contribution in [-0.2, 0) is 27.2 Å². The maximum atomic E-state index is 12.1. The molecule has 7 rings (SSSR count). The summed E-state index contributed by atoms with van der Waals surface area (Å²) in [4.78, 5) is 0. The summed E-state index contributed by atoms with van der Waals surface area (Å²) in [6.07, 6.45) is 15.5. The highest BCUT2D eigenvalue weighted by Gasteiger charge is 2.60. The second-order valence-electron chi connectivity index (χ2n) is 12.9. The molecule has 38 heavy (non-hydrogen) atoms. The van der Waals surface area contributed by atoms with Gasteiger partial charge in [-0.05, 0) is 91.7 Å². The zero-order valence-electron chi connectivity index (χ0n) is 22.6. The highest BCUT2D eigenvalue weighted by molar-refractivity contribution is 5.30. The number of hydrogen-bond donors (Lipinski definition) is 1. The van der Waals surface area contributed by atoms with Gasteiger partial charge in [-0.15, -0.1) is 0 Å². The van der Waals surface area contributed by atoms with E-state index in [2.05, 4.69) is 49.4 Å². The second kappa shape index (κ2) is 9.92. The predicted octanol–water partition coefficient (Wildman–Crippen LogP) is 6.61. The van der Waals surface area contributed by atoms with E-state index in [4.69, 9.17) is 18.6 Å². The zero-order chi connectivity index (χ0) is 25.7. The van der Waals surface area contributed by atoms with E-state index in [1.807, 2.05) is 6.07 Å². The maximum Gasteiger partial charge on any atom is 0.217 e.